The van der Waals surface area contributed by atoms with Gasteiger partial charge in [-0.05, 0) is 30.9 Å². The van der Waals surface area contributed by atoms with Crippen molar-refractivity contribution in [1.29, 1.82) is 0 Å². The highest BCUT2D eigenvalue weighted by atomic mass is 32.2. The quantitative estimate of drug-likeness (QED) is 0.781. The zero-order chi connectivity index (χ0) is 12.5. The Morgan fingerprint density at radius 2 is 2.18 bits per heavy atom. The molecule has 0 aromatic heterocycles. The maximum absolute atomic E-state index is 11.8. The Kier molecular flexibility index (Phi) is 3.15. The van der Waals surface area contributed by atoms with Crippen molar-refractivity contribution in [3.63, 3.8) is 0 Å². The van der Waals surface area contributed by atoms with Crippen molar-refractivity contribution in [3.05, 3.63) is 18.2 Å². The molecule has 0 unspecified atom stereocenters. The fourth-order valence-corrected chi connectivity index (χ4v) is 3.10. The number of methoxy groups -OCH3 is 1. The predicted octanol–water partition coefficient (Wildman–Crippen LogP) is 1.43. The summed E-state index contributed by atoms with van der Waals surface area (Å²) in [7, 11) is -1.78. The van der Waals surface area contributed by atoms with E-state index in [0.717, 1.165) is 12.8 Å². The van der Waals surface area contributed by atoms with Crippen LogP contribution in [0.3, 0.4) is 0 Å². The second kappa shape index (κ2) is 4.44. The molecule has 0 bridgehead atoms. The Hall–Kier alpha value is -1.43. The van der Waals surface area contributed by atoms with Crippen LogP contribution >= 0.6 is 0 Å². The summed E-state index contributed by atoms with van der Waals surface area (Å²) in [6.45, 7) is 0. The number of rotatable bonds is 5. The first-order chi connectivity index (χ1) is 8.00. The average molecular weight is 256 g/mol. The number of nitrogens with two attached hydrogens (primary N) is 1. The van der Waals surface area contributed by atoms with Crippen molar-refractivity contribution in [3.8, 4) is 5.75 Å². The highest BCUT2D eigenvalue weighted by molar-refractivity contribution is 7.92. The Labute approximate surface area is 101 Å². The SMILES string of the molecule is COc1ccc(N)c(NS(=O)(=O)CC2CC2)c1. The van der Waals surface area contributed by atoms with Gasteiger partial charge in [0, 0.05) is 6.07 Å². The molecular weight excluding hydrogens is 240 g/mol. The van der Waals surface area contributed by atoms with Gasteiger partial charge in [-0.15, -0.1) is 0 Å². The Balaban J connectivity index is 2.16. The van der Waals surface area contributed by atoms with Crippen molar-refractivity contribution >= 4 is 21.4 Å². The van der Waals surface area contributed by atoms with Crippen LogP contribution < -0.4 is 15.2 Å². The van der Waals surface area contributed by atoms with Gasteiger partial charge < -0.3 is 10.5 Å². The molecular formula is C11H16N2O3S. The molecule has 1 saturated carbocycles. The molecule has 94 valence electrons. The normalized spacial score (nSPS) is 15.6. The summed E-state index contributed by atoms with van der Waals surface area (Å²) in [5, 5.41) is 0. The zero-order valence-corrected chi connectivity index (χ0v) is 10.5. The van der Waals surface area contributed by atoms with Crippen LogP contribution in [-0.2, 0) is 10.0 Å². The summed E-state index contributed by atoms with van der Waals surface area (Å²) in [5.74, 6) is 1.05. The predicted molar refractivity (Wildman–Crippen MR) is 67.5 cm³/mol. The largest absolute Gasteiger partial charge is 0.497 e. The van der Waals surface area contributed by atoms with Crippen LogP contribution in [0.15, 0.2) is 18.2 Å². The summed E-state index contributed by atoms with van der Waals surface area (Å²) >= 11 is 0. The molecule has 1 aliphatic rings. The number of hydrogen-bond acceptors (Lipinski definition) is 4. The summed E-state index contributed by atoms with van der Waals surface area (Å²) in [5.41, 5.74) is 6.49. The van der Waals surface area contributed by atoms with Crippen LogP contribution in [0.1, 0.15) is 12.8 Å². The first kappa shape index (κ1) is 12.0. The fourth-order valence-electron chi connectivity index (χ4n) is 1.55. The third-order valence-corrected chi connectivity index (χ3v) is 4.12. The molecule has 0 spiro atoms. The Morgan fingerprint density at radius 3 is 2.76 bits per heavy atom. The van der Waals surface area contributed by atoms with E-state index in [4.69, 9.17) is 10.5 Å². The van der Waals surface area contributed by atoms with E-state index < -0.39 is 10.0 Å². The van der Waals surface area contributed by atoms with Gasteiger partial charge in [-0.1, -0.05) is 0 Å². The van der Waals surface area contributed by atoms with Gasteiger partial charge in [0.05, 0.1) is 24.2 Å². The number of anilines is 2. The number of nitrogens with one attached hydrogen (secondary N) is 1. The van der Waals surface area contributed by atoms with E-state index in [9.17, 15) is 8.42 Å². The third-order valence-electron chi connectivity index (χ3n) is 2.68. The molecule has 0 saturated heterocycles. The summed E-state index contributed by atoms with van der Waals surface area (Å²) in [6.07, 6.45) is 1.99. The minimum absolute atomic E-state index is 0.170. The molecule has 6 heteroatoms. The number of nitrogen functional groups attached to an aromatic ring is 1. The van der Waals surface area contributed by atoms with E-state index in [0.29, 0.717) is 23.0 Å². The summed E-state index contributed by atoms with van der Waals surface area (Å²) in [6, 6.07) is 4.89. The highest BCUT2D eigenvalue weighted by Crippen LogP contribution is 2.32. The zero-order valence-electron chi connectivity index (χ0n) is 9.64. The summed E-state index contributed by atoms with van der Waals surface area (Å²) < 4.78 is 31.1. The van der Waals surface area contributed by atoms with E-state index >= 15 is 0 Å². The third kappa shape index (κ3) is 3.26. The molecule has 0 radical (unpaired) electrons. The first-order valence-electron chi connectivity index (χ1n) is 5.44. The highest BCUT2D eigenvalue weighted by Gasteiger charge is 2.28. The lowest BCUT2D eigenvalue weighted by Crippen LogP contribution is -2.18. The molecule has 1 aromatic carbocycles. The lowest BCUT2D eigenvalue weighted by atomic mass is 10.2. The van der Waals surface area contributed by atoms with Crippen LogP contribution in [0, 0.1) is 5.92 Å². The van der Waals surface area contributed by atoms with Gasteiger partial charge >= 0.3 is 0 Å². The van der Waals surface area contributed by atoms with E-state index in [1.165, 1.54) is 7.11 Å². The topological polar surface area (TPSA) is 81.4 Å². The van der Waals surface area contributed by atoms with Crippen LogP contribution in [0.2, 0.25) is 0 Å². The smallest absolute Gasteiger partial charge is 0.233 e. The number of ether oxygens (including phenoxy) is 1. The van der Waals surface area contributed by atoms with Crippen LogP contribution in [0.5, 0.6) is 5.75 Å². The van der Waals surface area contributed by atoms with Gasteiger partial charge in [-0.25, -0.2) is 8.42 Å². The molecule has 2 rings (SSSR count). The van der Waals surface area contributed by atoms with E-state index in [1.54, 1.807) is 18.2 Å². The van der Waals surface area contributed by atoms with Crippen LogP contribution in [0.25, 0.3) is 0 Å². The van der Waals surface area contributed by atoms with E-state index in [1.807, 2.05) is 0 Å². The van der Waals surface area contributed by atoms with Crippen molar-refractivity contribution in [2.45, 2.75) is 12.8 Å². The number of hydrogen-bond donors (Lipinski definition) is 2. The molecule has 3 N–H and O–H groups in total. The second-order valence-corrected chi connectivity index (χ2v) is 6.05. The lowest BCUT2D eigenvalue weighted by Gasteiger charge is -2.11. The first-order valence-corrected chi connectivity index (χ1v) is 7.09. The van der Waals surface area contributed by atoms with Gasteiger partial charge in [0.25, 0.3) is 0 Å². The molecule has 0 atom stereocenters. The molecule has 0 amide bonds. The molecule has 1 aromatic rings. The van der Waals surface area contributed by atoms with Crippen molar-refractivity contribution in [2.75, 3.05) is 23.3 Å². The van der Waals surface area contributed by atoms with E-state index in [-0.39, 0.29) is 5.75 Å². The molecule has 17 heavy (non-hydrogen) atoms. The molecule has 0 heterocycles. The number of benzene rings is 1. The van der Waals surface area contributed by atoms with Crippen molar-refractivity contribution < 1.29 is 13.2 Å². The minimum atomic E-state index is -3.30. The van der Waals surface area contributed by atoms with Gasteiger partial charge in [0.15, 0.2) is 0 Å². The van der Waals surface area contributed by atoms with Crippen LogP contribution in [0.4, 0.5) is 11.4 Å². The Morgan fingerprint density at radius 1 is 1.47 bits per heavy atom. The standard InChI is InChI=1S/C11H16N2O3S/c1-16-9-4-5-10(12)11(6-9)13-17(14,15)7-8-2-3-8/h4-6,8,13H,2-3,7,12H2,1H3. The average Bonchev–Trinajstić information content (AvgIpc) is 3.04. The monoisotopic (exact) mass is 256 g/mol. The maximum Gasteiger partial charge on any atom is 0.233 e. The molecule has 5 nitrogen and oxygen atoms in total. The minimum Gasteiger partial charge on any atom is -0.497 e. The van der Waals surface area contributed by atoms with Crippen molar-refractivity contribution in [1.82, 2.24) is 0 Å². The van der Waals surface area contributed by atoms with Gasteiger partial charge in [0.2, 0.25) is 10.0 Å². The molecule has 1 aliphatic carbocycles. The number of sulfonamides is 1. The fraction of sp³-hybridized carbons (Fsp3) is 0.455. The molecule has 1 fully saturated rings. The maximum atomic E-state index is 11.8. The van der Waals surface area contributed by atoms with E-state index in [2.05, 4.69) is 4.72 Å². The van der Waals surface area contributed by atoms with Gasteiger partial charge in [-0.3, -0.25) is 4.72 Å². The van der Waals surface area contributed by atoms with Gasteiger partial charge in [-0.2, -0.15) is 0 Å². The second-order valence-electron chi connectivity index (χ2n) is 4.28. The molecule has 0 aliphatic heterocycles. The van der Waals surface area contributed by atoms with Gasteiger partial charge in [0.1, 0.15) is 5.75 Å². The Bertz CT molecular complexity index is 509. The summed E-state index contributed by atoms with van der Waals surface area (Å²) in [4.78, 5) is 0. The lowest BCUT2D eigenvalue weighted by molar-refractivity contribution is 0.415. The van der Waals surface area contributed by atoms with Crippen molar-refractivity contribution in [2.24, 2.45) is 5.92 Å². The van der Waals surface area contributed by atoms with Crippen LogP contribution in [-0.4, -0.2) is 21.3 Å².